The largest absolute Gasteiger partial charge is 0.355 e. The van der Waals surface area contributed by atoms with Crippen LogP contribution in [0.5, 0.6) is 0 Å². The fourth-order valence-corrected chi connectivity index (χ4v) is 2.58. The molecule has 3 heteroatoms. The molecule has 0 aromatic carbocycles. The maximum Gasteiger partial charge on any atom is 0.233 e. The van der Waals surface area contributed by atoms with Gasteiger partial charge < -0.3 is 10.6 Å². The van der Waals surface area contributed by atoms with Crippen LogP contribution in [-0.4, -0.2) is 25.0 Å². The van der Waals surface area contributed by atoms with Crippen molar-refractivity contribution in [3.8, 4) is 0 Å². The lowest BCUT2D eigenvalue weighted by Gasteiger charge is -2.35. The van der Waals surface area contributed by atoms with Crippen LogP contribution < -0.4 is 10.6 Å². The molecule has 0 aliphatic heterocycles. The molecule has 0 heterocycles. The van der Waals surface area contributed by atoms with Gasteiger partial charge in [-0.2, -0.15) is 0 Å². The topological polar surface area (TPSA) is 41.1 Å². The Morgan fingerprint density at radius 2 is 2.18 bits per heavy atom. The molecule has 0 saturated heterocycles. The van der Waals surface area contributed by atoms with Crippen molar-refractivity contribution in [3.05, 3.63) is 0 Å². The molecule has 1 atom stereocenters. The Labute approximate surface area is 106 Å². The summed E-state index contributed by atoms with van der Waals surface area (Å²) in [7, 11) is 0. The lowest BCUT2D eigenvalue weighted by atomic mass is 9.75. The van der Waals surface area contributed by atoms with Crippen LogP contribution in [-0.2, 0) is 4.79 Å². The normalized spacial score (nSPS) is 23.4. The first-order valence-electron chi connectivity index (χ1n) is 7.03. The lowest BCUT2D eigenvalue weighted by molar-refractivity contribution is -0.120. The van der Waals surface area contributed by atoms with Crippen LogP contribution in [0.3, 0.4) is 0 Å². The highest BCUT2D eigenvalue weighted by Gasteiger charge is 2.27. The fraction of sp³-hybridized carbons (Fsp3) is 0.929. The molecule has 1 aliphatic rings. The number of hydrogen-bond donors (Lipinski definition) is 2. The molecule has 1 fully saturated rings. The molecule has 0 spiro atoms. The molecule has 100 valence electrons. The SMILES string of the molecule is CCCCNC(=O)CNC1CCCC(C)(C)C1. The molecule has 1 rings (SSSR count). The Kier molecular flexibility index (Phi) is 5.96. The summed E-state index contributed by atoms with van der Waals surface area (Å²) in [5.74, 6) is 0.141. The minimum Gasteiger partial charge on any atom is -0.355 e. The Hall–Kier alpha value is -0.570. The van der Waals surface area contributed by atoms with E-state index >= 15 is 0 Å². The minimum atomic E-state index is 0.141. The summed E-state index contributed by atoms with van der Waals surface area (Å²) in [6.45, 7) is 8.07. The standard InChI is InChI=1S/C14H28N2O/c1-4-5-9-15-13(17)11-16-12-7-6-8-14(2,3)10-12/h12,16H,4-11H2,1-3H3,(H,15,17). The zero-order valence-electron chi connectivity index (χ0n) is 11.6. The average molecular weight is 240 g/mol. The molecule has 3 nitrogen and oxygen atoms in total. The second kappa shape index (κ2) is 7.00. The monoisotopic (exact) mass is 240 g/mol. The van der Waals surface area contributed by atoms with E-state index in [9.17, 15) is 4.79 Å². The Bertz CT molecular complexity index is 238. The van der Waals surface area contributed by atoms with E-state index in [0.29, 0.717) is 18.0 Å². The Morgan fingerprint density at radius 1 is 1.41 bits per heavy atom. The van der Waals surface area contributed by atoms with Crippen molar-refractivity contribution in [2.45, 2.75) is 65.3 Å². The molecule has 1 unspecified atom stereocenters. The average Bonchev–Trinajstić information content (AvgIpc) is 2.25. The van der Waals surface area contributed by atoms with Crippen LogP contribution in [0.25, 0.3) is 0 Å². The van der Waals surface area contributed by atoms with Crippen molar-refractivity contribution in [2.24, 2.45) is 5.41 Å². The van der Waals surface area contributed by atoms with Crippen LogP contribution in [0.15, 0.2) is 0 Å². The number of amides is 1. The molecule has 17 heavy (non-hydrogen) atoms. The van der Waals surface area contributed by atoms with Gasteiger partial charge in [0.1, 0.15) is 0 Å². The van der Waals surface area contributed by atoms with Gasteiger partial charge in [-0.25, -0.2) is 0 Å². The summed E-state index contributed by atoms with van der Waals surface area (Å²) in [5.41, 5.74) is 0.439. The van der Waals surface area contributed by atoms with Gasteiger partial charge in [0.25, 0.3) is 0 Å². The Morgan fingerprint density at radius 3 is 2.82 bits per heavy atom. The van der Waals surface area contributed by atoms with Crippen molar-refractivity contribution in [1.82, 2.24) is 10.6 Å². The summed E-state index contributed by atoms with van der Waals surface area (Å²) >= 11 is 0. The van der Waals surface area contributed by atoms with Gasteiger partial charge >= 0.3 is 0 Å². The number of hydrogen-bond acceptors (Lipinski definition) is 2. The third-order valence-electron chi connectivity index (χ3n) is 3.61. The quantitative estimate of drug-likeness (QED) is 0.700. The predicted molar refractivity (Wildman–Crippen MR) is 72.0 cm³/mol. The Balaban J connectivity index is 2.15. The number of carbonyl (C=O) groups excluding carboxylic acids is 1. The van der Waals surface area contributed by atoms with Gasteiger partial charge in [0.2, 0.25) is 5.91 Å². The molecule has 1 amide bonds. The van der Waals surface area contributed by atoms with E-state index in [1.165, 1.54) is 25.7 Å². The van der Waals surface area contributed by atoms with Crippen LogP contribution >= 0.6 is 0 Å². The molecular formula is C14H28N2O. The third kappa shape index (κ3) is 6.06. The summed E-state index contributed by atoms with van der Waals surface area (Å²) < 4.78 is 0. The van der Waals surface area contributed by atoms with Gasteiger partial charge in [0.05, 0.1) is 6.54 Å². The molecule has 1 aliphatic carbocycles. The first-order chi connectivity index (χ1) is 8.03. The number of carbonyl (C=O) groups is 1. The summed E-state index contributed by atoms with van der Waals surface area (Å²) in [6.07, 6.45) is 7.20. The molecular weight excluding hydrogens is 212 g/mol. The van der Waals surface area contributed by atoms with Crippen LogP contribution in [0.2, 0.25) is 0 Å². The third-order valence-corrected chi connectivity index (χ3v) is 3.61. The number of nitrogens with one attached hydrogen (secondary N) is 2. The molecule has 0 bridgehead atoms. The van der Waals surface area contributed by atoms with E-state index < -0.39 is 0 Å². The molecule has 1 saturated carbocycles. The zero-order chi connectivity index (χ0) is 12.7. The highest BCUT2D eigenvalue weighted by Crippen LogP contribution is 2.34. The first-order valence-corrected chi connectivity index (χ1v) is 7.03. The summed E-state index contributed by atoms with van der Waals surface area (Å²) in [6, 6.07) is 0.524. The van der Waals surface area contributed by atoms with Gasteiger partial charge in [-0.1, -0.05) is 33.6 Å². The second-order valence-electron chi connectivity index (χ2n) is 6.04. The van der Waals surface area contributed by atoms with Gasteiger partial charge in [0.15, 0.2) is 0 Å². The van der Waals surface area contributed by atoms with E-state index in [1.54, 1.807) is 0 Å². The van der Waals surface area contributed by atoms with Gasteiger partial charge in [-0.3, -0.25) is 4.79 Å². The smallest absolute Gasteiger partial charge is 0.233 e. The van der Waals surface area contributed by atoms with Crippen molar-refractivity contribution in [3.63, 3.8) is 0 Å². The van der Waals surface area contributed by atoms with E-state index in [-0.39, 0.29) is 5.91 Å². The van der Waals surface area contributed by atoms with Crippen LogP contribution in [0.4, 0.5) is 0 Å². The van der Waals surface area contributed by atoms with Gasteiger partial charge in [-0.05, 0) is 31.1 Å². The fourth-order valence-electron chi connectivity index (χ4n) is 2.58. The molecule has 0 aromatic rings. The van der Waals surface area contributed by atoms with Crippen molar-refractivity contribution >= 4 is 5.91 Å². The van der Waals surface area contributed by atoms with Crippen LogP contribution in [0.1, 0.15) is 59.3 Å². The summed E-state index contributed by atoms with van der Waals surface area (Å²) in [4.78, 5) is 11.5. The predicted octanol–water partition coefficient (Wildman–Crippen LogP) is 2.46. The molecule has 0 aromatic heterocycles. The van der Waals surface area contributed by atoms with Crippen molar-refractivity contribution < 1.29 is 4.79 Å². The minimum absolute atomic E-state index is 0.141. The number of unbranched alkanes of at least 4 members (excludes halogenated alkanes) is 1. The lowest BCUT2D eigenvalue weighted by Crippen LogP contribution is -2.43. The maximum absolute atomic E-state index is 11.5. The molecule has 0 radical (unpaired) electrons. The summed E-state index contributed by atoms with van der Waals surface area (Å²) in [5, 5.41) is 6.33. The van der Waals surface area contributed by atoms with Crippen molar-refractivity contribution in [2.75, 3.05) is 13.1 Å². The number of rotatable bonds is 6. The van der Waals surface area contributed by atoms with E-state index in [2.05, 4.69) is 31.4 Å². The van der Waals surface area contributed by atoms with E-state index in [4.69, 9.17) is 0 Å². The van der Waals surface area contributed by atoms with Crippen LogP contribution in [0, 0.1) is 5.41 Å². The first kappa shape index (κ1) is 14.5. The highest BCUT2D eigenvalue weighted by molar-refractivity contribution is 5.77. The zero-order valence-corrected chi connectivity index (χ0v) is 11.6. The van der Waals surface area contributed by atoms with Gasteiger partial charge in [-0.15, -0.1) is 0 Å². The van der Waals surface area contributed by atoms with E-state index in [1.807, 2.05) is 0 Å². The molecule has 2 N–H and O–H groups in total. The van der Waals surface area contributed by atoms with Gasteiger partial charge in [0, 0.05) is 12.6 Å². The maximum atomic E-state index is 11.5. The second-order valence-corrected chi connectivity index (χ2v) is 6.04. The van der Waals surface area contributed by atoms with Crippen molar-refractivity contribution in [1.29, 1.82) is 0 Å². The van der Waals surface area contributed by atoms with E-state index in [0.717, 1.165) is 19.4 Å². The highest BCUT2D eigenvalue weighted by atomic mass is 16.1.